The first-order chi connectivity index (χ1) is 63.5. The van der Waals surface area contributed by atoms with E-state index in [0.717, 1.165) is 152 Å². The molecule has 0 spiro atoms. The number of para-hydroxylation sites is 6. The van der Waals surface area contributed by atoms with Gasteiger partial charge in [0.2, 0.25) is 0 Å². The maximum absolute atomic E-state index is 4.76. The summed E-state index contributed by atoms with van der Waals surface area (Å²) in [5.41, 5.74) is 30.2. The second-order valence-electron chi connectivity index (χ2n) is 31.6. The van der Waals surface area contributed by atoms with Gasteiger partial charge in [0.05, 0.1) is 28.5 Å². The lowest BCUT2D eigenvalue weighted by Gasteiger charge is -2.30. The summed E-state index contributed by atoms with van der Waals surface area (Å²) in [6.45, 7) is 0. The molecule has 0 aliphatic rings. The maximum atomic E-state index is 4.76. The van der Waals surface area contributed by atoms with Crippen LogP contribution in [0.1, 0.15) is 0 Å². The Kier molecular flexibility index (Phi) is 21.8. The van der Waals surface area contributed by atoms with Crippen LogP contribution in [0.25, 0.3) is 133 Å². The summed E-state index contributed by atoms with van der Waals surface area (Å²) in [6.07, 6.45) is 7.44. The monoisotopic (exact) mass is 1640 g/mol. The number of hydrogen-bond donors (Lipinski definition) is 0. The van der Waals surface area contributed by atoms with Gasteiger partial charge < -0.3 is 19.6 Å². The zero-order valence-electron chi connectivity index (χ0n) is 70.1. The molecule has 0 bridgehead atoms. The summed E-state index contributed by atoms with van der Waals surface area (Å²) in [7, 11) is 0. The van der Waals surface area contributed by atoms with E-state index in [1.165, 1.54) is 49.2 Å². The lowest BCUT2D eigenvalue weighted by molar-refractivity contribution is 1.26. The van der Waals surface area contributed by atoms with Crippen molar-refractivity contribution in [1.82, 2.24) is 19.9 Å². The molecule has 8 heteroatoms. The van der Waals surface area contributed by atoms with Crippen LogP contribution in [-0.4, -0.2) is 19.9 Å². The average molecular weight is 1640 g/mol. The SMILES string of the molecule is c1ccc(N(c2ccccc2)c2ccc(N(c3ccccc3)c3ccc4c(-c5cccc(-c6ccccn6)c5)c5ccccc5c(-c5cccc(-c6ccccn6)c5)c4c3)cc2)cc1.c1ccc(N(c2ccccc2)c2ccc(N(c3ccccc3)c3cccc4c(-c5cccc(-c6ccccn6)c5)c5ccccc5c(-c5cccc(-c6ccccn6)c5)c34)cc2)cc1. The summed E-state index contributed by atoms with van der Waals surface area (Å²) in [5, 5.41) is 9.36. The van der Waals surface area contributed by atoms with Crippen molar-refractivity contribution in [2.75, 3.05) is 19.6 Å². The lowest BCUT2D eigenvalue weighted by atomic mass is 9.84. The van der Waals surface area contributed by atoms with Crippen molar-refractivity contribution >= 4 is 111 Å². The molecule has 0 N–H and O–H groups in total. The van der Waals surface area contributed by atoms with Crippen LogP contribution in [0, 0.1) is 0 Å². The quantitative estimate of drug-likeness (QED) is 0.0700. The molecule has 128 heavy (non-hydrogen) atoms. The standard InChI is InChI=1S/2C60H42N4/c1-4-23-47(24-5-1)63(48-25-6-2-7-26-48)50-35-37-51(38-36-50)64(49-27-8-3-9-28-49)57-34-18-31-54-58(45-21-16-19-43(41-45)55-32-12-14-39-61-55)52-29-10-11-30-53(52)59(60(54)57)46-22-17-20-44(42-46)56-33-13-15-40-62-56;1-4-22-47(23-5-1)63(48-24-6-2-7-25-48)50-32-34-51(35-33-50)64(49-26-8-3-9-27-49)52-36-37-55-56(42-52)60(46-21-17-19-44(41-46)58-31-13-15-39-62-58)54-29-11-10-28-53(54)59(55)45-20-16-18-43(40-45)57-30-12-14-38-61-57/h2*1-42H. The van der Waals surface area contributed by atoms with Gasteiger partial charge in [-0.05, 0) is 295 Å². The molecule has 0 saturated carbocycles. The van der Waals surface area contributed by atoms with E-state index in [2.05, 4.69) is 456 Å². The third kappa shape index (κ3) is 15.7. The zero-order chi connectivity index (χ0) is 85.3. The first-order valence-corrected chi connectivity index (χ1v) is 43.3. The van der Waals surface area contributed by atoms with E-state index in [4.69, 9.17) is 19.9 Å². The minimum Gasteiger partial charge on any atom is -0.311 e. The van der Waals surface area contributed by atoms with Crippen LogP contribution >= 0.6 is 0 Å². The first-order valence-electron chi connectivity index (χ1n) is 43.3. The largest absolute Gasteiger partial charge is 0.311 e. The molecule has 0 aliphatic heterocycles. The van der Waals surface area contributed by atoms with Crippen molar-refractivity contribution in [3.63, 3.8) is 0 Å². The Morgan fingerprint density at radius 2 is 0.359 bits per heavy atom. The van der Waals surface area contributed by atoms with E-state index in [-0.39, 0.29) is 0 Å². The number of anilines is 12. The summed E-state index contributed by atoms with van der Waals surface area (Å²) in [6, 6.07) is 173. The molecule has 18 aromatic carbocycles. The van der Waals surface area contributed by atoms with Crippen LogP contribution in [-0.2, 0) is 0 Å². The van der Waals surface area contributed by atoms with Gasteiger partial charge in [-0.1, -0.05) is 273 Å². The van der Waals surface area contributed by atoms with E-state index >= 15 is 0 Å². The van der Waals surface area contributed by atoms with E-state index in [1.54, 1.807) is 0 Å². The molecule has 0 aliphatic carbocycles. The fraction of sp³-hybridized carbons (Fsp3) is 0. The highest BCUT2D eigenvalue weighted by Crippen LogP contribution is 2.53. The number of benzene rings is 18. The molecule has 4 heterocycles. The third-order valence-corrected chi connectivity index (χ3v) is 23.8. The minimum absolute atomic E-state index is 0.937. The molecule has 22 aromatic rings. The van der Waals surface area contributed by atoms with Crippen molar-refractivity contribution in [2.24, 2.45) is 0 Å². The first kappa shape index (κ1) is 78.1. The van der Waals surface area contributed by atoms with Gasteiger partial charge >= 0.3 is 0 Å². The van der Waals surface area contributed by atoms with Crippen LogP contribution in [0.3, 0.4) is 0 Å². The van der Waals surface area contributed by atoms with Crippen molar-refractivity contribution < 1.29 is 0 Å². The van der Waals surface area contributed by atoms with Gasteiger partial charge in [-0.15, -0.1) is 0 Å². The maximum Gasteiger partial charge on any atom is 0.0702 e. The molecule has 8 nitrogen and oxygen atoms in total. The van der Waals surface area contributed by atoms with Gasteiger partial charge in [0, 0.05) is 115 Å². The number of nitrogens with zero attached hydrogens (tertiary/aromatic N) is 8. The molecular formula is C120H84N8. The Bertz CT molecular complexity index is 7450. The van der Waals surface area contributed by atoms with Crippen LogP contribution in [0.15, 0.2) is 510 Å². The Hall–Kier alpha value is -17.2. The van der Waals surface area contributed by atoms with Crippen molar-refractivity contribution in [1.29, 1.82) is 0 Å². The molecule has 0 unspecified atom stereocenters. The van der Waals surface area contributed by atoms with E-state index in [9.17, 15) is 0 Å². The van der Waals surface area contributed by atoms with E-state index in [1.807, 2.05) is 73.3 Å². The minimum atomic E-state index is 0.937. The number of fused-ring (bicyclic) bond motifs is 4. The molecule has 0 radical (unpaired) electrons. The van der Waals surface area contributed by atoms with Crippen LogP contribution < -0.4 is 19.6 Å². The fourth-order valence-electron chi connectivity index (χ4n) is 18.1. The molecule has 0 amide bonds. The Morgan fingerprint density at radius 3 is 0.688 bits per heavy atom. The van der Waals surface area contributed by atoms with Crippen LogP contribution in [0.4, 0.5) is 68.2 Å². The Balaban J connectivity index is 0.000000156. The average Bonchev–Trinajstić information content (AvgIpc) is 0.720. The molecule has 0 atom stereocenters. The Labute approximate surface area is 745 Å². The highest BCUT2D eigenvalue weighted by atomic mass is 15.2. The highest BCUT2D eigenvalue weighted by Gasteiger charge is 2.27. The van der Waals surface area contributed by atoms with Crippen molar-refractivity contribution in [2.45, 2.75) is 0 Å². The number of pyridine rings is 4. The summed E-state index contributed by atoms with van der Waals surface area (Å²) in [4.78, 5) is 28.3. The molecule has 0 saturated heterocycles. The number of hydrogen-bond acceptors (Lipinski definition) is 8. The smallest absolute Gasteiger partial charge is 0.0702 e. The third-order valence-electron chi connectivity index (χ3n) is 23.8. The topological polar surface area (TPSA) is 64.5 Å². The van der Waals surface area contributed by atoms with Gasteiger partial charge in [0.1, 0.15) is 0 Å². The normalized spacial score (nSPS) is 11.1. The van der Waals surface area contributed by atoms with E-state index < -0.39 is 0 Å². The second-order valence-corrected chi connectivity index (χ2v) is 31.6. The van der Waals surface area contributed by atoms with Crippen LogP contribution in [0.2, 0.25) is 0 Å². The summed E-state index contributed by atoms with van der Waals surface area (Å²) < 4.78 is 0. The molecule has 0 fully saturated rings. The van der Waals surface area contributed by atoms with Gasteiger partial charge in [-0.25, -0.2) is 0 Å². The Morgan fingerprint density at radius 1 is 0.133 bits per heavy atom. The summed E-state index contributed by atoms with van der Waals surface area (Å²) >= 11 is 0. The highest BCUT2D eigenvalue weighted by molar-refractivity contribution is 6.26. The second kappa shape index (κ2) is 35.7. The summed E-state index contributed by atoms with van der Waals surface area (Å²) in [5.74, 6) is 0. The number of rotatable bonds is 20. The van der Waals surface area contributed by atoms with Gasteiger partial charge in [-0.2, -0.15) is 0 Å². The van der Waals surface area contributed by atoms with Crippen molar-refractivity contribution in [3.8, 4) is 89.5 Å². The van der Waals surface area contributed by atoms with Gasteiger partial charge in [0.15, 0.2) is 0 Å². The molecule has 604 valence electrons. The lowest BCUT2D eigenvalue weighted by Crippen LogP contribution is -2.12. The number of aromatic nitrogens is 4. The molecule has 4 aromatic heterocycles. The fourth-order valence-corrected chi connectivity index (χ4v) is 18.1. The predicted molar refractivity (Wildman–Crippen MR) is 536 cm³/mol. The van der Waals surface area contributed by atoms with E-state index in [0.29, 0.717) is 0 Å². The predicted octanol–water partition coefficient (Wildman–Crippen LogP) is 32.8. The molecule has 22 rings (SSSR count). The van der Waals surface area contributed by atoms with Gasteiger partial charge in [-0.3, -0.25) is 19.9 Å². The van der Waals surface area contributed by atoms with Gasteiger partial charge in [0.25, 0.3) is 0 Å². The van der Waals surface area contributed by atoms with Crippen LogP contribution in [0.5, 0.6) is 0 Å². The zero-order valence-corrected chi connectivity index (χ0v) is 70.1. The van der Waals surface area contributed by atoms with Crippen molar-refractivity contribution in [3.05, 3.63) is 510 Å². The molecular weight excluding hydrogens is 1550 g/mol.